The Morgan fingerprint density at radius 2 is 1.75 bits per heavy atom. The topological polar surface area (TPSA) is 51.8 Å². The van der Waals surface area contributed by atoms with Gasteiger partial charge in [0.25, 0.3) is 0 Å². The number of hydrogen-bond acceptors (Lipinski definition) is 4. The van der Waals surface area contributed by atoms with Gasteiger partial charge in [-0.1, -0.05) is 74.1 Å². The van der Waals surface area contributed by atoms with Crippen LogP contribution in [0.4, 0.5) is 0 Å². The zero-order valence-electron chi connectivity index (χ0n) is 28.9. The molecule has 0 spiro atoms. The van der Waals surface area contributed by atoms with Gasteiger partial charge in [-0.15, -0.1) is 54.1 Å². The maximum atomic E-state index is 6.04. The molecule has 0 aliphatic heterocycles. The zero-order valence-corrected chi connectivity index (χ0v) is 32.3. The molecule has 4 nitrogen and oxygen atoms in total. The van der Waals surface area contributed by atoms with Gasteiger partial charge in [-0.05, 0) is 91.1 Å². The van der Waals surface area contributed by atoms with Crippen molar-refractivity contribution in [2.45, 2.75) is 78.4 Å². The van der Waals surface area contributed by atoms with Crippen molar-refractivity contribution in [2.75, 3.05) is 0 Å². The van der Waals surface area contributed by atoms with E-state index in [1.807, 2.05) is 43.5 Å². The third-order valence-corrected chi connectivity index (χ3v) is 12.4. The average molecular weight is 828 g/mol. The van der Waals surface area contributed by atoms with Crippen molar-refractivity contribution in [3.63, 3.8) is 0 Å². The van der Waals surface area contributed by atoms with Gasteiger partial charge in [-0.2, -0.15) is 0 Å². The Morgan fingerprint density at radius 3 is 2.46 bits per heavy atom. The van der Waals surface area contributed by atoms with Gasteiger partial charge in [0, 0.05) is 43.6 Å². The monoisotopic (exact) mass is 828 g/mol. The average Bonchev–Trinajstić information content (AvgIpc) is 3.79. The third kappa shape index (κ3) is 7.13. The van der Waals surface area contributed by atoms with Gasteiger partial charge in [-0.3, -0.25) is 0 Å². The van der Waals surface area contributed by atoms with Gasteiger partial charge in [0.05, 0.1) is 13.7 Å². The van der Waals surface area contributed by atoms with Gasteiger partial charge in [0.15, 0.2) is 0 Å². The molecule has 0 saturated heterocycles. The molecule has 2 bridgehead atoms. The van der Waals surface area contributed by atoms with Gasteiger partial charge in [0.1, 0.15) is 0 Å². The fraction of sp³-hybridized carbons (Fsp3) is 0.357. The number of nitrogens with zero attached hydrogens (tertiary/aromatic N) is 3. The molecule has 2 aromatic carbocycles. The summed E-state index contributed by atoms with van der Waals surface area (Å²) in [6.07, 6.45) is 11.2. The van der Waals surface area contributed by atoms with E-state index in [9.17, 15) is 0 Å². The molecule has 4 heterocycles. The molecule has 0 N–H and O–H groups in total. The molecule has 4 aromatic heterocycles. The molecule has 1 radical (unpaired) electrons. The second kappa shape index (κ2) is 14.2. The first-order chi connectivity index (χ1) is 22.6. The predicted molar refractivity (Wildman–Crippen MR) is 197 cm³/mol. The van der Waals surface area contributed by atoms with E-state index in [1.165, 1.54) is 37.7 Å². The molecule has 2 fully saturated rings. The van der Waals surface area contributed by atoms with Crippen molar-refractivity contribution in [1.82, 2.24) is 15.0 Å². The van der Waals surface area contributed by atoms with Gasteiger partial charge < -0.3 is 14.4 Å². The quantitative estimate of drug-likeness (QED) is 0.124. The van der Waals surface area contributed by atoms with Crippen LogP contribution >= 0.6 is 0 Å². The van der Waals surface area contributed by atoms with E-state index in [0.29, 0.717) is 11.6 Å². The third-order valence-electron chi connectivity index (χ3n) is 10.3. The van der Waals surface area contributed by atoms with E-state index >= 15 is 0 Å². The second-order valence-corrected chi connectivity index (χ2v) is 20.1. The molecule has 2 aliphatic rings. The fourth-order valence-corrected chi connectivity index (χ4v) is 9.39. The minimum absolute atomic E-state index is 0. The zero-order chi connectivity index (χ0) is 32.7. The summed E-state index contributed by atoms with van der Waals surface area (Å²) in [4.78, 5) is 13.8. The Labute approximate surface area is 300 Å². The number of aromatic nitrogens is 3. The van der Waals surface area contributed by atoms with Crippen LogP contribution in [0.2, 0.25) is 19.6 Å². The molecule has 8 rings (SSSR count). The summed E-state index contributed by atoms with van der Waals surface area (Å²) in [5.41, 5.74) is 9.24. The van der Waals surface area contributed by atoms with E-state index < -0.39 is 8.07 Å². The summed E-state index contributed by atoms with van der Waals surface area (Å²) >= 11 is 0. The van der Waals surface area contributed by atoms with Crippen LogP contribution in [0.15, 0.2) is 83.5 Å². The molecule has 2 saturated carbocycles. The molecule has 48 heavy (non-hydrogen) atoms. The van der Waals surface area contributed by atoms with Gasteiger partial charge in [0.2, 0.25) is 5.71 Å². The Hall–Kier alpha value is -3.44. The smallest absolute Gasteiger partial charge is 0.216 e. The van der Waals surface area contributed by atoms with E-state index in [4.69, 9.17) is 9.40 Å². The van der Waals surface area contributed by atoms with Gasteiger partial charge >= 0.3 is 0 Å². The van der Waals surface area contributed by atoms with Crippen LogP contribution in [0.1, 0.15) is 62.3 Å². The van der Waals surface area contributed by atoms with Crippen LogP contribution in [-0.2, 0) is 26.5 Å². The van der Waals surface area contributed by atoms with Crippen LogP contribution in [-0.4, -0.2) is 23.0 Å². The number of rotatable bonds is 6. The minimum atomic E-state index is -1.37. The predicted octanol–water partition coefficient (Wildman–Crippen LogP) is 10.3. The number of fused-ring (bicyclic) bond motifs is 5. The van der Waals surface area contributed by atoms with Crippen molar-refractivity contribution in [3.05, 3.63) is 108 Å². The Bertz CT molecular complexity index is 2030. The van der Waals surface area contributed by atoms with E-state index in [1.54, 1.807) is 10.8 Å². The number of benzene rings is 2. The van der Waals surface area contributed by atoms with Crippen LogP contribution < -0.4 is 5.19 Å². The van der Waals surface area contributed by atoms with Crippen molar-refractivity contribution in [1.29, 1.82) is 0 Å². The SMILES string of the molecule is C[Si](C)(C)c1cnc(-c2[c-]cccc2)cc1CC1CC2CCC1C2.Cc1ccc2c(n1)oc1c(-c3cc(C(C)C)ccn3)[c-]ccc12.[Ir]. The first kappa shape index (κ1) is 34.4. The fourth-order valence-electron chi connectivity index (χ4n) is 7.80. The standard InChI is InChI=1S/C22H28NSi.C20H17N2O.Ir/c1-24(2,3)22-15-23-21(17-7-5-4-6-8-17)14-20(22)13-19-12-16-9-10-18(19)11-16;1-12(2)14-9-10-21-18(11-14)17-6-4-5-15-16-8-7-13(3)22-20(16)23-19(15)17;/h4-7,14-16,18-19H,9-13H2,1-3H3;4-5,7-12H,1-3H3;/q2*-1;. The summed E-state index contributed by atoms with van der Waals surface area (Å²) in [5, 5.41) is 3.64. The summed E-state index contributed by atoms with van der Waals surface area (Å²) in [5.74, 6) is 3.38. The Kier molecular flexibility index (Phi) is 10.2. The normalized spacial score (nSPS) is 18.6. The molecule has 2 aliphatic carbocycles. The van der Waals surface area contributed by atoms with Gasteiger partial charge in [-0.25, -0.2) is 4.98 Å². The minimum Gasteiger partial charge on any atom is -0.486 e. The second-order valence-electron chi connectivity index (χ2n) is 15.0. The number of aryl methyl sites for hydroxylation is 1. The van der Waals surface area contributed by atoms with Crippen molar-refractivity contribution in [3.8, 4) is 22.5 Å². The van der Waals surface area contributed by atoms with E-state index in [-0.39, 0.29) is 20.1 Å². The summed E-state index contributed by atoms with van der Waals surface area (Å²) in [6.45, 7) is 13.7. The van der Waals surface area contributed by atoms with Crippen molar-refractivity contribution >= 4 is 35.3 Å². The molecule has 249 valence electrons. The Morgan fingerprint density at radius 1 is 0.896 bits per heavy atom. The molecule has 6 heteroatoms. The van der Waals surface area contributed by atoms with Crippen LogP contribution in [0.25, 0.3) is 44.6 Å². The van der Waals surface area contributed by atoms with E-state index in [0.717, 1.165) is 62.3 Å². The van der Waals surface area contributed by atoms with Crippen LogP contribution in [0, 0.1) is 36.8 Å². The van der Waals surface area contributed by atoms with Crippen molar-refractivity contribution in [2.24, 2.45) is 17.8 Å². The molecular weight excluding hydrogens is 783 g/mol. The summed E-state index contributed by atoms with van der Waals surface area (Å²) < 4.78 is 6.04. The number of furan rings is 1. The van der Waals surface area contributed by atoms with E-state index in [2.05, 4.69) is 98.2 Å². The molecule has 3 atom stereocenters. The van der Waals surface area contributed by atoms with Crippen molar-refractivity contribution < 1.29 is 24.5 Å². The largest absolute Gasteiger partial charge is 0.486 e. The molecular formula is C42H45IrN3OSi-2. The molecule has 0 amide bonds. The number of pyridine rings is 3. The van der Waals surface area contributed by atoms with Crippen LogP contribution in [0.5, 0.6) is 0 Å². The molecule has 3 unspecified atom stereocenters. The summed E-state index contributed by atoms with van der Waals surface area (Å²) in [6, 6.07) is 29.4. The first-order valence-electron chi connectivity index (χ1n) is 17.3. The number of hydrogen-bond donors (Lipinski definition) is 0. The first-order valence-corrected chi connectivity index (χ1v) is 20.8. The maximum absolute atomic E-state index is 6.04. The molecule has 6 aromatic rings. The summed E-state index contributed by atoms with van der Waals surface area (Å²) in [7, 11) is -1.37. The Balaban J connectivity index is 0.000000164. The van der Waals surface area contributed by atoms with Crippen LogP contribution in [0.3, 0.4) is 0 Å². The maximum Gasteiger partial charge on any atom is 0.216 e.